The van der Waals surface area contributed by atoms with Crippen molar-refractivity contribution in [2.24, 2.45) is 22.7 Å². The Kier molecular flexibility index (Phi) is 12.0. The number of likely N-dealkylation sites (tertiary alicyclic amines) is 1. The monoisotopic (exact) mass is 830 g/mol. The van der Waals surface area contributed by atoms with Crippen LogP contribution in [0.4, 0.5) is 17.2 Å². The van der Waals surface area contributed by atoms with E-state index < -0.39 is 0 Å². The molecular formula is C47H62N10O4. The van der Waals surface area contributed by atoms with Crippen molar-refractivity contribution in [3.63, 3.8) is 0 Å². The number of piperidine rings is 2. The number of guanidine groups is 1. The van der Waals surface area contributed by atoms with Crippen molar-refractivity contribution in [3.8, 4) is 22.8 Å². The summed E-state index contributed by atoms with van der Waals surface area (Å²) >= 11 is 0. The fraction of sp³-hybridized carbons (Fsp3) is 0.553. The van der Waals surface area contributed by atoms with Crippen LogP contribution in [0.15, 0.2) is 65.3 Å². The first-order valence-corrected chi connectivity index (χ1v) is 22.7. The number of aliphatic imine (C=N–C) groups is 1. The van der Waals surface area contributed by atoms with Gasteiger partial charge < -0.3 is 40.5 Å². The third-order valence-corrected chi connectivity index (χ3v) is 14.2. The summed E-state index contributed by atoms with van der Waals surface area (Å²) in [5, 5.41) is 25.4. The zero-order valence-corrected chi connectivity index (χ0v) is 35.8. The van der Waals surface area contributed by atoms with E-state index in [2.05, 4.69) is 78.7 Å². The van der Waals surface area contributed by atoms with Crippen LogP contribution in [-0.4, -0.2) is 114 Å². The van der Waals surface area contributed by atoms with Crippen LogP contribution in [0.25, 0.3) is 11.3 Å². The molecule has 0 unspecified atom stereocenters. The Morgan fingerprint density at radius 3 is 2.51 bits per heavy atom. The van der Waals surface area contributed by atoms with Crippen LogP contribution >= 0.6 is 0 Å². The lowest BCUT2D eigenvalue weighted by molar-refractivity contribution is -0.134. The van der Waals surface area contributed by atoms with E-state index in [0.717, 1.165) is 101 Å². The highest BCUT2D eigenvalue weighted by Gasteiger charge is 2.37. The molecule has 6 heterocycles. The summed E-state index contributed by atoms with van der Waals surface area (Å²) in [6.45, 7) is 9.00. The molecule has 9 rings (SSSR count). The minimum absolute atomic E-state index is 0.175. The van der Waals surface area contributed by atoms with Gasteiger partial charge in [0.05, 0.1) is 23.6 Å². The van der Waals surface area contributed by atoms with Gasteiger partial charge in [0, 0.05) is 62.9 Å². The Hall–Kier alpha value is -5.37. The van der Waals surface area contributed by atoms with Crippen LogP contribution < -0.4 is 30.9 Å². The minimum atomic E-state index is -0.332. The van der Waals surface area contributed by atoms with Crippen LogP contribution in [-0.2, 0) is 9.59 Å². The number of imide groups is 1. The van der Waals surface area contributed by atoms with Gasteiger partial charge in [-0.05, 0) is 125 Å². The number of nitrogens with zero attached hydrogens (tertiary/aromatic N) is 7. The maximum atomic E-state index is 12.8. The molecule has 5 N–H and O–H groups in total. The van der Waals surface area contributed by atoms with Crippen molar-refractivity contribution in [2.75, 3.05) is 75.0 Å². The topological polar surface area (TPSA) is 165 Å². The van der Waals surface area contributed by atoms with E-state index in [9.17, 15) is 14.7 Å². The summed E-state index contributed by atoms with van der Waals surface area (Å²) in [5.74, 6) is 3.88. The van der Waals surface area contributed by atoms with E-state index >= 15 is 0 Å². The molecule has 14 nitrogen and oxygen atoms in total. The molecule has 1 aliphatic carbocycles. The van der Waals surface area contributed by atoms with Crippen molar-refractivity contribution in [1.29, 1.82) is 0 Å². The van der Waals surface area contributed by atoms with E-state index in [1.54, 1.807) is 12.1 Å². The second-order valence-electron chi connectivity index (χ2n) is 18.3. The number of allylic oxidation sites excluding steroid dienone is 1. The number of likely N-dealkylation sites (N-methyl/N-ethyl adjacent to an activating group) is 1. The third kappa shape index (κ3) is 8.87. The standard InChI is InChI=1S/C47H62N10O4/c1-30-10-11-31(29-56(28-30)41-26-38(52-53-45(41)48)36-6-3-4-9-42(36)58)27-49-47-50-37(20-21-54(47)2)33-18-22-55(23-19-33)34-14-12-32(13-15-34)35-7-5-8-39-44(35)61-25-24-57(39)40-16-17-43(59)51-46(40)60/h3-9,20,26,30-34,40,58H,10-19,21-25,27-29H2,1-2H3,(H2,48,53)(H,49,50)(H,51,59,60)/t30-,31-,32?,34?,40+/m0/s1. The molecule has 0 spiro atoms. The van der Waals surface area contributed by atoms with Crippen molar-refractivity contribution >= 4 is 35.0 Å². The first kappa shape index (κ1) is 41.0. The number of amides is 2. The molecule has 2 aromatic carbocycles. The van der Waals surface area contributed by atoms with Crippen molar-refractivity contribution in [2.45, 2.75) is 89.1 Å². The predicted octanol–water partition coefficient (Wildman–Crippen LogP) is 5.50. The van der Waals surface area contributed by atoms with Crippen LogP contribution in [0.5, 0.6) is 11.5 Å². The number of hydrogen-bond acceptors (Lipinski definition) is 11. The number of aromatic nitrogens is 2. The number of carbonyl (C=O) groups is 2. The lowest BCUT2D eigenvalue weighted by atomic mass is 9.79. The molecule has 2 amide bonds. The van der Waals surface area contributed by atoms with Gasteiger partial charge in [0.15, 0.2) is 11.8 Å². The van der Waals surface area contributed by atoms with Crippen molar-refractivity contribution in [3.05, 3.63) is 65.9 Å². The van der Waals surface area contributed by atoms with E-state index in [-0.39, 0.29) is 23.6 Å². The van der Waals surface area contributed by atoms with Crippen LogP contribution in [0.2, 0.25) is 0 Å². The summed E-state index contributed by atoms with van der Waals surface area (Å²) in [6, 6.07) is 15.9. The summed E-state index contributed by atoms with van der Waals surface area (Å²) in [5.41, 5.74) is 12.2. The van der Waals surface area contributed by atoms with Gasteiger partial charge in [-0.15, -0.1) is 10.2 Å². The number of benzene rings is 2. The third-order valence-electron chi connectivity index (χ3n) is 14.2. The van der Waals surface area contributed by atoms with Gasteiger partial charge >= 0.3 is 0 Å². The second-order valence-corrected chi connectivity index (χ2v) is 18.3. The molecule has 1 aromatic heterocycles. The quantitative estimate of drug-likeness (QED) is 0.211. The Bertz CT molecular complexity index is 2140. The van der Waals surface area contributed by atoms with Crippen LogP contribution in [0.1, 0.15) is 82.6 Å². The zero-order valence-electron chi connectivity index (χ0n) is 35.8. The van der Waals surface area contributed by atoms with Crippen LogP contribution in [0.3, 0.4) is 0 Å². The predicted molar refractivity (Wildman–Crippen MR) is 239 cm³/mol. The molecule has 3 aromatic rings. The zero-order chi connectivity index (χ0) is 42.0. The number of nitrogen functional groups attached to an aromatic ring is 1. The summed E-state index contributed by atoms with van der Waals surface area (Å²) in [7, 11) is 2.12. The highest BCUT2D eigenvalue weighted by Crippen LogP contribution is 2.45. The average Bonchev–Trinajstić information content (AvgIpc) is 3.47. The number of phenolic OH excluding ortho intramolecular Hbond substituents is 1. The van der Waals surface area contributed by atoms with E-state index in [0.29, 0.717) is 72.8 Å². The van der Waals surface area contributed by atoms with E-state index in [1.807, 2.05) is 18.2 Å². The Morgan fingerprint density at radius 2 is 1.70 bits per heavy atom. The maximum Gasteiger partial charge on any atom is 0.249 e. The molecule has 5 aliphatic heterocycles. The number of ether oxygens (including phenoxy) is 1. The number of hydrogen-bond donors (Lipinski definition) is 4. The molecule has 0 bridgehead atoms. The van der Waals surface area contributed by atoms with Gasteiger partial charge in [-0.25, -0.2) is 0 Å². The highest BCUT2D eigenvalue weighted by molar-refractivity contribution is 6.02. The Morgan fingerprint density at radius 1 is 0.885 bits per heavy atom. The first-order chi connectivity index (χ1) is 29.7. The molecule has 3 saturated heterocycles. The van der Waals surface area contributed by atoms with Gasteiger partial charge in [0.1, 0.15) is 24.1 Å². The molecule has 0 radical (unpaired) electrons. The van der Waals surface area contributed by atoms with Crippen molar-refractivity contribution < 1.29 is 19.4 Å². The number of para-hydroxylation sites is 2. The second kappa shape index (κ2) is 17.9. The number of nitrogens with two attached hydrogens (primary N) is 1. The normalized spacial score (nSPS) is 27.4. The first-order valence-electron chi connectivity index (χ1n) is 22.7. The summed E-state index contributed by atoms with van der Waals surface area (Å²) in [6.07, 6.45) is 12.4. The number of nitrogens with one attached hydrogen (secondary N) is 2. The molecule has 324 valence electrons. The fourth-order valence-corrected chi connectivity index (χ4v) is 10.8. The summed E-state index contributed by atoms with van der Waals surface area (Å²) < 4.78 is 6.32. The lowest BCUT2D eigenvalue weighted by Gasteiger charge is -2.43. The van der Waals surface area contributed by atoms with Crippen molar-refractivity contribution in [1.82, 2.24) is 30.6 Å². The number of carbonyl (C=O) groups excluding carboxylic acids is 2. The van der Waals surface area contributed by atoms with Gasteiger partial charge in [-0.1, -0.05) is 31.2 Å². The molecular weight excluding hydrogens is 769 g/mol. The average molecular weight is 831 g/mol. The molecule has 61 heavy (non-hydrogen) atoms. The molecule has 4 fully saturated rings. The molecule has 1 saturated carbocycles. The van der Waals surface area contributed by atoms with Gasteiger partial charge in [-0.3, -0.25) is 19.9 Å². The number of fused-ring (bicyclic) bond motifs is 1. The highest BCUT2D eigenvalue weighted by atomic mass is 16.5. The van der Waals surface area contributed by atoms with Gasteiger partial charge in [0.25, 0.3) is 0 Å². The minimum Gasteiger partial charge on any atom is -0.507 e. The number of aromatic hydroxyl groups is 1. The molecule has 14 heteroatoms. The van der Waals surface area contributed by atoms with Gasteiger partial charge in [0.2, 0.25) is 11.8 Å². The summed E-state index contributed by atoms with van der Waals surface area (Å²) in [4.78, 5) is 39.3. The largest absolute Gasteiger partial charge is 0.507 e. The van der Waals surface area contributed by atoms with E-state index in [1.165, 1.54) is 24.1 Å². The number of rotatable bonds is 8. The fourth-order valence-electron chi connectivity index (χ4n) is 10.8. The van der Waals surface area contributed by atoms with Gasteiger partial charge in [-0.2, -0.15) is 0 Å². The van der Waals surface area contributed by atoms with Crippen LogP contribution in [0, 0.1) is 17.8 Å². The van der Waals surface area contributed by atoms with E-state index in [4.69, 9.17) is 15.5 Å². The number of phenols is 1. The molecule has 3 atom stereocenters. The Labute approximate surface area is 359 Å². The lowest BCUT2D eigenvalue weighted by Crippen LogP contribution is -2.54. The number of anilines is 3. The Balaban J connectivity index is 0.781. The SMILES string of the molecule is C[C@H]1CC[C@@H](CN=C2NC(C3CCN(C4CCC(c5cccc6c5OCCN6[C@@H]5CCC(=O)NC5=O)CC4)CC3)=CCN2C)CN(c2cc(-c3ccccc3O)nnc2N)C1. The molecule has 6 aliphatic rings. The maximum absolute atomic E-state index is 12.8. The smallest absolute Gasteiger partial charge is 0.249 e.